The Kier molecular flexibility index (Phi) is 5.52. The monoisotopic (exact) mass is 347 g/mol. The van der Waals surface area contributed by atoms with Gasteiger partial charge in [-0.1, -0.05) is 74.0 Å². The summed E-state index contributed by atoms with van der Waals surface area (Å²) in [7, 11) is 0. The van der Waals surface area contributed by atoms with Crippen LogP contribution in [0.4, 0.5) is 0 Å². The van der Waals surface area contributed by atoms with E-state index >= 15 is 0 Å². The highest BCUT2D eigenvalue weighted by atomic mass is 16.5. The van der Waals surface area contributed by atoms with E-state index in [1.807, 2.05) is 0 Å². The van der Waals surface area contributed by atoms with Crippen molar-refractivity contribution in [3.05, 3.63) is 77.4 Å². The van der Waals surface area contributed by atoms with Gasteiger partial charge < -0.3 is 4.74 Å². The first-order valence-electron chi connectivity index (χ1n) is 10.0. The van der Waals surface area contributed by atoms with E-state index in [1.165, 1.54) is 41.5 Å². The van der Waals surface area contributed by atoms with Crippen LogP contribution in [-0.4, -0.2) is 30.2 Å². The second-order valence-corrected chi connectivity index (χ2v) is 7.61. The van der Waals surface area contributed by atoms with E-state index in [-0.39, 0.29) is 0 Å². The molecule has 0 N–H and O–H groups in total. The molecule has 2 heteroatoms. The van der Waals surface area contributed by atoms with Crippen molar-refractivity contribution >= 4 is 5.57 Å². The Morgan fingerprint density at radius 3 is 2.50 bits per heavy atom. The fourth-order valence-corrected chi connectivity index (χ4v) is 4.18. The Balaban J connectivity index is 1.51. The van der Waals surface area contributed by atoms with Crippen molar-refractivity contribution in [1.29, 1.82) is 0 Å². The van der Waals surface area contributed by atoms with Crippen LogP contribution >= 0.6 is 0 Å². The minimum Gasteiger partial charge on any atom is -0.378 e. The van der Waals surface area contributed by atoms with Gasteiger partial charge in [0.2, 0.25) is 0 Å². The zero-order valence-electron chi connectivity index (χ0n) is 15.7. The highest BCUT2D eigenvalue weighted by Crippen LogP contribution is 2.33. The number of morpholine rings is 1. The normalized spacial score (nSPS) is 22.9. The molecular formula is C24H29NO. The van der Waals surface area contributed by atoms with E-state index in [0.29, 0.717) is 12.1 Å². The van der Waals surface area contributed by atoms with E-state index in [9.17, 15) is 0 Å². The molecule has 2 atom stereocenters. The van der Waals surface area contributed by atoms with Gasteiger partial charge in [0.15, 0.2) is 0 Å². The number of aryl methyl sites for hydroxylation is 1. The number of rotatable bonds is 6. The molecule has 2 aromatic carbocycles. The standard InChI is InChI=1S/C24H29NO/c1-2-3-7-19-10-12-21(13-11-19)22-14-23-17-26-18-24(15-22)25(23)16-20-8-5-4-6-9-20/h4-6,8-14,23-24H,2-3,7,15-18H2,1H3. The molecule has 0 amide bonds. The molecular weight excluding hydrogens is 318 g/mol. The van der Waals surface area contributed by atoms with Crippen molar-refractivity contribution in [2.45, 2.75) is 51.2 Å². The smallest absolute Gasteiger partial charge is 0.0658 e. The van der Waals surface area contributed by atoms with Crippen LogP contribution in [0.5, 0.6) is 0 Å². The van der Waals surface area contributed by atoms with Gasteiger partial charge in [-0.15, -0.1) is 0 Å². The van der Waals surface area contributed by atoms with Crippen LogP contribution in [0, 0.1) is 0 Å². The van der Waals surface area contributed by atoms with Crippen LogP contribution in [0.25, 0.3) is 5.57 Å². The second-order valence-electron chi connectivity index (χ2n) is 7.61. The van der Waals surface area contributed by atoms with Gasteiger partial charge in [-0.2, -0.15) is 0 Å². The zero-order valence-corrected chi connectivity index (χ0v) is 15.7. The van der Waals surface area contributed by atoms with Crippen LogP contribution < -0.4 is 0 Å². The van der Waals surface area contributed by atoms with Crippen molar-refractivity contribution in [2.75, 3.05) is 13.2 Å². The molecule has 0 aromatic heterocycles. The summed E-state index contributed by atoms with van der Waals surface area (Å²) in [6.45, 7) is 4.92. The van der Waals surface area contributed by atoms with Crippen LogP contribution in [0.3, 0.4) is 0 Å². The third kappa shape index (κ3) is 3.92. The van der Waals surface area contributed by atoms with E-state index in [1.54, 1.807) is 0 Å². The van der Waals surface area contributed by atoms with Crippen molar-refractivity contribution in [3.8, 4) is 0 Å². The molecule has 2 nitrogen and oxygen atoms in total. The minimum absolute atomic E-state index is 0.387. The molecule has 0 aliphatic carbocycles. The zero-order chi connectivity index (χ0) is 17.8. The van der Waals surface area contributed by atoms with Gasteiger partial charge in [0.1, 0.15) is 0 Å². The van der Waals surface area contributed by atoms with Gasteiger partial charge in [0.25, 0.3) is 0 Å². The van der Waals surface area contributed by atoms with Crippen molar-refractivity contribution in [1.82, 2.24) is 4.90 Å². The molecule has 2 aliphatic heterocycles. The first-order chi connectivity index (χ1) is 12.8. The molecule has 0 spiro atoms. The maximum Gasteiger partial charge on any atom is 0.0658 e. The van der Waals surface area contributed by atoms with Crippen LogP contribution in [0.15, 0.2) is 60.7 Å². The number of nitrogens with zero attached hydrogens (tertiary/aromatic N) is 1. The highest BCUT2D eigenvalue weighted by Gasteiger charge is 2.34. The first kappa shape index (κ1) is 17.5. The summed E-state index contributed by atoms with van der Waals surface area (Å²) < 4.78 is 5.87. The summed E-state index contributed by atoms with van der Waals surface area (Å²) in [6.07, 6.45) is 7.25. The Labute approximate surface area is 157 Å². The Morgan fingerprint density at radius 2 is 1.77 bits per heavy atom. The summed E-state index contributed by atoms with van der Waals surface area (Å²) in [5.41, 5.74) is 5.74. The summed E-state index contributed by atoms with van der Waals surface area (Å²) >= 11 is 0. The molecule has 136 valence electrons. The lowest BCUT2D eigenvalue weighted by Crippen LogP contribution is -2.53. The van der Waals surface area contributed by atoms with Crippen molar-refractivity contribution in [2.24, 2.45) is 0 Å². The number of unbranched alkanes of at least 4 members (excludes halogenated alkanes) is 1. The summed E-state index contributed by atoms with van der Waals surface area (Å²) in [6, 6.07) is 20.9. The first-order valence-corrected chi connectivity index (χ1v) is 10.0. The molecule has 4 rings (SSSR count). The fourth-order valence-electron chi connectivity index (χ4n) is 4.18. The molecule has 2 bridgehead atoms. The molecule has 2 unspecified atom stereocenters. The number of ether oxygens (including phenoxy) is 1. The number of fused-ring (bicyclic) bond motifs is 2. The SMILES string of the molecule is CCCCc1ccc(C2=CC3COCC(C2)N3Cc2ccccc2)cc1. The lowest BCUT2D eigenvalue weighted by molar-refractivity contribution is -0.0402. The molecule has 1 saturated heterocycles. The maximum absolute atomic E-state index is 5.87. The van der Waals surface area contributed by atoms with Gasteiger partial charge >= 0.3 is 0 Å². The lowest BCUT2D eigenvalue weighted by atomic mass is 9.89. The summed E-state index contributed by atoms with van der Waals surface area (Å²) in [5, 5.41) is 0. The van der Waals surface area contributed by atoms with Gasteiger partial charge in [-0.05, 0) is 41.5 Å². The number of hydrogen-bond donors (Lipinski definition) is 0. The molecule has 2 heterocycles. The van der Waals surface area contributed by atoms with Crippen molar-refractivity contribution < 1.29 is 4.74 Å². The third-order valence-corrected chi connectivity index (χ3v) is 5.69. The predicted molar refractivity (Wildman–Crippen MR) is 108 cm³/mol. The Bertz CT molecular complexity index is 735. The highest BCUT2D eigenvalue weighted by molar-refractivity contribution is 5.68. The Morgan fingerprint density at radius 1 is 0.962 bits per heavy atom. The number of benzene rings is 2. The minimum atomic E-state index is 0.387. The molecule has 0 saturated carbocycles. The summed E-state index contributed by atoms with van der Waals surface area (Å²) in [5.74, 6) is 0. The molecule has 0 radical (unpaired) electrons. The van der Waals surface area contributed by atoms with Gasteiger partial charge in [-0.3, -0.25) is 4.90 Å². The van der Waals surface area contributed by atoms with Crippen molar-refractivity contribution in [3.63, 3.8) is 0 Å². The second kappa shape index (κ2) is 8.20. The van der Waals surface area contributed by atoms with E-state index < -0.39 is 0 Å². The fraction of sp³-hybridized carbons (Fsp3) is 0.417. The largest absolute Gasteiger partial charge is 0.378 e. The van der Waals surface area contributed by atoms with Crippen LogP contribution in [0.2, 0.25) is 0 Å². The van der Waals surface area contributed by atoms with Crippen LogP contribution in [-0.2, 0) is 17.7 Å². The average molecular weight is 348 g/mol. The van der Waals surface area contributed by atoms with Gasteiger partial charge in [0, 0.05) is 12.6 Å². The Hall–Kier alpha value is -1.90. The van der Waals surface area contributed by atoms with E-state index in [2.05, 4.69) is 72.5 Å². The van der Waals surface area contributed by atoms with E-state index in [4.69, 9.17) is 4.74 Å². The third-order valence-electron chi connectivity index (χ3n) is 5.69. The van der Waals surface area contributed by atoms with Gasteiger partial charge in [0.05, 0.1) is 19.3 Å². The number of hydrogen-bond acceptors (Lipinski definition) is 2. The lowest BCUT2D eigenvalue weighted by Gasteiger charge is -2.45. The quantitative estimate of drug-likeness (QED) is 0.722. The summed E-state index contributed by atoms with van der Waals surface area (Å²) in [4.78, 5) is 2.62. The molecule has 26 heavy (non-hydrogen) atoms. The molecule has 2 aliphatic rings. The maximum atomic E-state index is 5.87. The predicted octanol–water partition coefficient (Wildman–Crippen LogP) is 5.09. The van der Waals surface area contributed by atoms with Crippen LogP contribution in [0.1, 0.15) is 42.9 Å². The molecule has 1 fully saturated rings. The van der Waals surface area contributed by atoms with E-state index in [0.717, 1.165) is 26.2 Å². The average Bonchev–Trinajstić information content (AvgIpc) is 2.67. The molecule has 2 aromatic rings. The topological polar surface area (TPSA) is 12.5 Å². The van der Waals surface area contributed by atoms with Gasteiger partial charge in [-0.25, -0.2) is 0 Å².